The molecule has 0 aliphatic carbocycles. The summed E-state index contributed by atoms with van der Waals surface area (Å²) in [4.78, 5) is 17.1. The van der Waals surface area contributed by atoms with Gasteiger partial charge in [0, 0.05) is 15.1 Å². The molecule has 0 saturated carbocycles. The Morgan fingerprint density at radius 2 is 2.00 bits per heavy atom. The van der Waals surface area contributed by atoms with Crippen molar-refractivity contribution in [1.82, 2.24) is 4.98 Å². The van der Waals surface area contributed by atoms with Gasteiger partial charge in [-0.2, -0.15) is 0 Å². The molecular weight excluding hydrogens is 324 g/mol. The van der Waals surface area contributed by atoms with Crippen LogP contribution >= 0.6 is 27.7 Å². The molecule has 0 aliphatic rings. The second-order valence-corrected chi connectivity index (χ2v) is 5.92. The van der Waals surface area contributed by atoms with Crippen LogP contribution in [0.3, 0.4) is 0 Å². The first kappa shape index (κ1) is 14.1. The van der Waals surface area contributed by atoms with Gasteiger partial charge in [-0.05, 0) is 43.3 Å². The molecule has 3 nitrogen and oxygen atoms in total. The van der Waals surface area contributed by atoms with E-state index in [2.05, 4.69) is 26.2 Å². The predicted molar refractivity (Wildman–Crippen MR) is 82.5 cm³/mol. The van der Waals surface area contributed by atoms with Gasteiger partial charge in [0.25, 0.3) is 0 Å². The first-order valence-electron chi connectivity index (χ1n) is 5.75. The minimum absolute atomic E-state index is 0.0500. The molecule has 1 amide bonds. The quantitative estimate of drug-likeness (QED) is 0.861. The molecule has 1 heterocycles. The normalized spacial score (nSPS) is 10.2. The van der Waals surface area contributed by atoms with Gasteiger partial charge in [0.1, 0.15) is 5.82 Å². The highest BCUT2D eigenvalue weighted by Gasteiger charge is 2.04. The Labute approximate surface area is 125 Å². The van der Waals surface area contributed by atoms with E-state index in [1.807, 2.05) is 43.3 Å². The molecule has 2 aromatic rings. The highest BCUT2D eigenvalue weighted by Crippen LogP contribution is 2.20. The lowest BCUT2D eigenvalue weighted by atomic mass is 10.4. The first-order chi connectivity index (χ1) is 9.13. The molecule has 19 heavy (non-hydrogen) atoms. The molecule has 0 radical (unpaired) electrons. The van der Waals surface area contributed by atoms with Crippen molar-refractivity contribution in [2.75, 3.05) is 11.1 Å². The number of carbonyl (C=O) groups is 1. The Hall–Kier alpha value is -1.33. The van der Waals surface area contributed by atoms with Gasteiger partial charge in [-0.3, -0.25) is 4.79 Å². The standard InChI is InChI=1S/C14H13BrN2OS/c1-10-3-2-4-13(16-10)17-14(18)9-19-12-7-5-11(15)6-8-12/h2-8H,9H2,1H3,(H,16,17,18). The highest BCUT2D eigenvalue weighted by atomic mass is 79.9. The van der Waals surface area contributed by atoms with E-state index < -0.39 is 0 Å². The van der Waals surface area contributed by atoms with Crippen LogP contribution in [0.1, 0.15) is 5.69 Å². The molecule has 0 bridgehead atoms. The van der Waals surface area contributed by atoms with Gasteiger partial charge in [0.05, 0.1) is 5.75 Å². The summed E-state index contributed by atoms with van der Waals surface area (Å²) in [6.45, 7) is 1.90. The van der Waals surface area contributed by atoms with Crippen LogP contribution in [0.25, 0.3) is 0 Å². The molecule has 0 saturated heterocycles. The lowest BCUT2D eigenvalue weighted by Crippen LogP contribution is -2.15. The number of nitrogens with one attached hydrogen (secondary N) is 1. The third-order valence-corrected chi connectivity index (χ3v) is 3.88. The number of rotatable bonds is 4. The van der Waals surface area contributed by atoms with Crippen molar-refractivity contribution in [2.24, 2.45) is 0 Å². The van der Waals surface area contributed by atoms with Crippen LogP contribution in [0.5, 0.6) is 0 Å². The molecule has 98 valence electrons. The van der Waals surface area contributed by atoms with Gasteiger partial charge in [0.15, 0.2) is 0 Å². The van der Waals surface area contributed by atoms with Gasteiger partial charge < -0.3 is 5.32 Å². The fourth-order valence-electron chi connectivity index (χ4n) is 1.47. The van der Waals surface area contributed by atoms with Crippen LogP contribution in [-0.2, 0) is 4.79 Å². The molecule has 1 aromatic carbocycles. The lowest BCUT2D eigenvalue weighted by molar-refractivity contribution is -0.113. The van der Waals surface area contributed by atoms with Crippen LogP contribution < -0.4 is 5.32 Å². The molecule has 1 N–H and O–H groups in total. The Bertz CT molecular complexity index is 572. The minimum Gasteiger partial charge on any atom is -0.310 e. The van der Waals surface area contributed by atoms with Gasteiger partial charge in [0.2, 0.25) is 5.91 Å². The van der Waals surface area contributed by atoms with E-state index in [4.69, 9.17) is 0 Å². The van der Waals surface area contributed by atoms with Crippen LogP contribution in [-0.4, -0.2) is 16.6 Å². The summed E-state index contributed by atoms with van der Waals surface area (Å²) in [5.74, 6) is 0.921. The van der Waals surface area contributed by atoms with E-state index in [1.54, 1.807) is 6.07 Å². The smallest absolute Gasteiger partial charge is 0.235 e. The summed E-state index contributed by atoms with van der Waals surface area (Å²) in [6.07, 6.45) is 0. The van der Waals surface area contributed by atoms with E-state index in [-0.39, 0.29) is 5.91 Å². The van der Waals surface area contributed by atoms with Crippen LogP contribution in [0.2, 0.25) is 0 Å². The number of nitrogens with zero attached hydrogens (tertiary/aromatic N) is 1. The maximum atomic E-state index is 11.8. The maximum absolute atomic E-state index is 11.8. The average molecular weight is 337 g/mol. The van der Waals surface area contributed by atoms with Crippen molar-refractivity contribution in [3.63, 3.8) is 0 Å². The summed E-state index contributed by atoms with van der Waals surface area (Å²) in [5, 5.41) is 2.78. The number of anilines is 1. The number of amides is 1. The number of halogens is 1. The Balaban J connectivity index is 1.86. The first-order valence-corrected chi connectivity index (χ1v) is 7.53. The van der Waals surface area contributed by atoms with E-state index in [9.17, 15) is 4.79 Å². The largest absolute Gasteiger partial charge is 0.310 e. The predicted octanol–water partition coefficient (Wildman–Crippen LogP) is 3.88. The Morgan fingerprint density at radius 1 is 1.26 bits per heavy atom. The fraction of sp³-hybridized carbons (Fsp3) is 0.143. The number of benzene rings is 1. The number of thioether (sulfide) groups is 1. The van der Waals surface area contributed by atoms with Crippen LogP contribution in [0.15, 0.2) is 51.8 Å². The zero-order valence-corrected chi connectivity index (χ0v) is 12.8. The molecular formula is C14H13BrN2OS. The molecule has 0 aliphatic heterocycles. The van der Waals surface area contributed by atoms with Gasteiger partial charge in [-0.15, -0.1) is 11.8 Å². The third-order valence-electron chi connectivity index (χ3n) is 2.34. The zero-order chi connectivity index (χ0) is 13.7. The number of aryl methyl sites for hydroxylation is 1. The second-order valence-electron chi connectivity index (χ2n) is 3.95. The minimum atomic E-state index is -0.0500. The SMILES string of the molecule is Cc1cccc(NC(=O)CSc2ccc(Br)cc2)n1. The Morgan fingerprint density at radius 3 is 2.68 bits per heavy atom. The monoisotopic (exact) mass is 336 g/mol. The Kier molecular flexibility index (Phi) is 4.99. The maximum Gasteiger partial charge on any atom is 0.235 e. The highest BCUT2D eigenvalue weighted by molar-refractivity contribution is 9.10. The number of carbonyl (C=O) groups excluding carboxylic acids is 1. The van der Waals surface area contributed by atoms with Crippen LogP contribution in [0.4, 0.5) is 5.82 Å². The summed E-state index contributed by atoms with van der Waals surface area (Å²) in [5.41, 5.74) is 0.887. The van der Waals surface area contributed by atoms with Crippen molar-refractivity contribution < 1.29 is 4.79 Å². The zero-order valence-electron chi connectivity index (χ0n) is 10.4. The van der Waals surface area contributed by atoms with E-state index >= 15 is 0 Å². The molecule has 0 spiro atoms. The van der Waals surface area contributed by atoms with E-state index in [0.29, 0.717) is 11.6 Å². The van der Waals surface area contributed by atoms with Crippen LogP contribution in [0, 0.1) is 6.92 Å². The molecule has 0 atom stereocenters. The average Bonchev–Trinajstić information content (AvgIpc) is 2.38. The van der Waals surface area contributed by atoms with Crippen molar-refractivity contribution in [2.45, 2.75) is 11.8 Å². The second kappa shape index (κ2) is 6.73. The van der Waals surface area contributed by atoms with Crippen molar-refractivity contribution in [1.29, 1.82) is 0 Å². The summed E-state index contributed by atoms with van der Waals surface area (Å²) >= 11 is 4.88. The summed E-state index contributed by atoms with van der Waals surface area (Å²) in [7, 11) is 0. The molecule has 0 fully saturated rings. The van der Waals surface area contributed by atoms with Crippen molar-refractivity contribution >= 4 is 39.4 Å². The molecule has 1 aromatic heterocycles. The van der Waals surface area contributed by atoms with Gasteiger partial charge >= 0.3 is 0 Å². The van der Waals surface area contributed by atoms with Crippen molar-refractivity contribution in [3.8, 4) is 0 Å². The lowest BCUT2D eigenvalue weighted by Gasteiger charge is -2.05. The van der Waals surface area contributed by atoms with E-state index in [0.717, 1.165) is 15.1 Å². The topological polar surface area (TPSA) is 42.0 Å². The summed E-state index contributed by atoms with van der Waals surface area (Å²) < 4.78 is 1.03. The summed E-state index contributed by atoms with van der Waals surface area (Å²) in [6, 6.07) is 13.4. The van der Waals surface area contributed by atoms with Gasteiger partial charge in [-0.1, -0.05) is 22.0 Å². The number of hydrogen-bond donors (Lipinski definition) is 1. The molecule has 2 rings (SSSR count). The van der Waals surface area contributed by atoms with Gasteiger partial charge in [-0.25, -0.2) is 4.98 Å². The number of pyridine rings is 1. The number of hydrogen-bond acceptors (Lipinski definition) is 3. The third kappa shape index (κ3) is 4.69. The van der Waals surface area contributed by atoms with E-state index in [1.165, 1.54) is 11.8 Å². The number of aromatic nitrogens is 1. The molecule has 0 unspecified atom stereocenters. The molecule has 5 heteroatoms. The van der Waals surface area contributed by atoms with Crippen molar-refractivity contribution in [3.05, 3.63) is 52.6 Å². The fourth-order valence-corrected chi connectivity index (χ4v) is 2.43.